The van der Waals surface area contributed by atoms with Gasteiger partial charge < -0.3 is 10.4 Å². The monoisotopic (exact) mass is 273 g/mol. The van der Waals surface area contributed by atoms with Crippen molar-refractivity contribution in [2.45, 2.75) is 11.8 Å². The third-order valence-corrected chi connectivity index (χ3v) is 3.37. The van der Waals surface area contributed by atoms with E-state index >= 15 is 0 Å². The standard InChI is InChI=1S/C11H12FNO4S/c1-2-13-10(14)6-18(17)7-3-4-9(12)8(5-7)11(15)16/h3-5H,2,6H2,1H3,(H,13,14)(H,15,16). The smallest absolute Gasteiger partial charge is 0.338 e. The molecule has 1 aromatic rings. The molecule has 1 rings (SSSR count). The molecule has 0 aliphatic rings. The van der Waals surface area contributed by atoms with Gasteiger partial charge in [-0.15, -0.1) is 0 Å². The molecule has 0 fully saturated rings. The molecule has 0 saturated carbocycles. The third-order valence-electron chi connectivity index (χ3n) is 2.07. The molecule has 0 radical (unpaired) electrons. The summed E-state index contributed by atoms with van der Waals surface area (Å²) in [6, 6.07) is 3.11. The van der Waals surface area contributed by atoms with Gasteiger partial charge in [-0.25, -0.2) is 9.18 Å². The molecule has 2 N–H and O–H groups in total. The number of benzene rings is 1. The number of carboxylic acids is 1. The van der Waals surface area contributed by atoms with Crippen LogP contribution in [0, 0.1) is 5.82 Å². The molecule has 5 nitrogen and oxygen atoms in total. The van der Waals surface area contributed by atoms with Crippen molar-refractivity contribution in [3.05, 3.63) is 29.6 Å². The van der Waals surface area contributed by atoms with Crippen LogP contribution in [0.2, 0.25) is 0 Å². The lowest BCUT2D eigenvalue weighted by molar-refractivity contribution is -0.118. The van der Waals surface area contributed by atoms with E-state index in [2.05, 4.69) is 5.32 Å². The van der Waals surface area contributed by atoms with Crippen molar-refractivity contribution in [2.24, 2.45) is 0 Å². The van der Waals surface area contributed by atoms with Crippen LogP contribution in [-0.4, -0.2) is 33.5 Å². The van der Waals surface area contributed by atoms with Crippen LogP contribution in [0.3, 0.4) is 0 Å². The molecule has 1 unspecified atom stereocenters. The second kappa shape index (κ2) is 6.25. The third kappa shape index (κ3) is 3.63. The molecule has 0 spiro atoms. The molecule has 1 amide bonds. The molecule has 0 heterocycles. The predicted octanol–water partition coefficient (Wildman–Crippen LogP) is 0.768. The highest BCUT2D eigenvalue weighted by Gasteiger charge is 2.15. The van der Waals surface area contributed by atoms with E-state index < -0.39 is 34.1 Å². The Balaban J connectivity index is 2.90. The van der Waals surface area contributed by atoms with Crippen molar-refractivity contribution in [3.8, 4) is 0 Å². The summed E-state index contributed by atoms with van der Waals surface area (Å²) in [4.78, 5) is 22.0. The summed E-state index contributed by atoms with van der Waals surface area (Å²) in [6.45, 7) is 2.14. The van der Waals surface area contributed by atoms with E-state index in [0.717, 1.165) is 12.1 Å². The van der Waals surface area contributed by atoms with Crippen LogP contribution in [0.25, 0.3) is 0 Å². The van der Waals surface area contributed by atoms with Crippen LogP contribution in [0.4, 0.5) is 4.39 Å². The Kier molecular flexibility index (Phi) is 4.96. The fourth-order valence-electron chi connectivity index (χ4n) is 1.26. The highest BCUT2D eigenvalue weighted by atomic mass is 32.2. The van der Waals surface area contributed by atoms with Crippen molar-refractivity contribution in [1.82, 2.24) is 5.32 Å². The van der Waals surface area contributed by atoms with Gasteiger partial charge in [0.2, 0.25) is 5.91 Å². The van der Waals surface area contributed by atoms with Gasteiger partial charge in [0.05, 0.1) is 16.4 Å². The van der Waals surface area contributed by atoms with Crippen molar-refractivity contribution in [1.29, 1.82) is 0 Å². The molecule has 0 aromatic heterocycles. The zero-order chi connectivity index (χ0) is 13.7. The normalized spacial score (nSPS) is 11.9. The zero-order valence-electron chi connectivity index (χ0n) is 9.60. The number of amides is 1. The molecular weight excluding hydrogens is 261 g/mol. The van der Waals surface area contributed by atoms with E-state index in [1.54, 1.807) is 6.92 Å². The van der Waals surface area contributed by atoms with Gasteiger partial charge in [-0.2, -0.15) is 0 Å². The maximum absolute atomic E-state index is 13.1. The minimum absolute atomic E-state index is 0.111. The van der Waals surface area contributed by atoms with Crippen molar-refractivity contribution < 1.29 is 23.3 Å². The summed E-state index contributed by atoms with van der Waals surface area (Å²) in [5.41, 5.74) is -0.559. The molecule has 0 saturated heterocycles. The number of nitrogens with one attached hydrogen (secondary N) is 1. The lowest BCUT2D eigenvalue weighted by Crippen LogP contribution is -2.27. The van der Waals surface area contributed by atoms with E-state index in [0.29, 0.717) is 6.54 Å². The number of hydrogen-bond acceptors (Lipinski definition) is 3. The van der Waals surface area contributed by atoms with Crippen LogP contribution in [-0.2, 0) is 15.6 Å². The van der Waals surface area contributed by atoms with Crippen LogP contribution < -0.4 is 5.32 Å². The summed E-state index contributed by atoms with van der Waals surface area (Å²) in [7, 11) is -1.69. The van der Waals surface area contributed by atoms with Crippen molar-refractivity contribution >= 4 is 22.7 Å². The summed E-state index contributed by atoms with van der Waals surface area (Å²) in [5.74, 6) is -3.03. The Morgan fingerprint density at radius 2 is 2.11 bits per heavy atom. The van der Waals surface area contributed by atoms with Gasteiger partial charge in [0.25, 0.3) is 0 Å². The Hall–Kier alpha value is -1.76. The lowest BCUT2D eigenvalue weighted by Gasteiger charge is -2.04. The Labute approximate surface area is 105 Å². The number of carbonyl (C=O) groups excluding carboxylic acids is 1. The second-order valence-corrected chi connectivity index (χ2v) is 4.84. The van der Waals surface area contributed by atoms with Gasteiger partial charge in [0, 0.05) is 11.4 Å². The predicted molar refractivity (Wildman–Crippen MR) is 63.3 cm³/mol. The highest BCUT2D eigenvalue weighted by Crippen LogP contribution is 2.14. The largest absolute Gasteiger partial charge is 0.478 e. The maximum Gasteiger partial charge on any atom is 0.338 e. The van der Waals surface area contributed by atoms with Crippen molar-refractivity contribution in [3.63, 3.8) is 0 Å². The fraction of sp³-hybridized carbons (Fsp3) is 0.273. The van der Waals surface area contributed by atoms with Crippen LogP contribution in [0.1, 0.15) is 17.3 Å². The van der Waals surface area contributed by atoms with Crippen molar-refractivity contribution in [2.75, 3.05) is 12.3 Å². The Morgan fingerprint density at radius 3 is 2.67 bits per heavy atom. The number of hydrogen-bond donors (Lipinski definition) is 2. The summed E-state index contributed by atoms with van der Waals surface area (Å²) in [5, 5.41) is 11.2. The second-order valence-electron chi connectivity index (χ2n) is 3.39. The van der Waals surface area contributed by atoms with E-state index in [-0.39, 0.29) is 10.6 Å². The number of carbonyl (C=O) groups is 2. The van der Waals surface area contributed by atoms with Gasteiger partial charge in [0.1, 0.15) is 11.6 Å². The van der Waals surface area contributed by atoms with Crippen LogP contribution in [0.5, 0.6) is 0 Å². The average Bonchev–Trinajstić information content (AvgIpc) is 2.29. The van der Waals surface area contributed by atoms with Gasteiger partial charge in [0.15, 0.2) is 0 Å². The average molecular weight is 273 g/mol. The topological polar surface area (TPSA) is 83.5 Å². The Bertz CT molecular complexity index is 504. The van der Waals surface area contributed by atoms with Gasteiger partial charge in [-0.3, -0.25) is 9.00 Å². The zero-order valence-corrected chi connectivity index (χ0v) is 10.4. The first-order valence-electron chi connectivity index (χ1n) is 5.13. The first-order valence-corrected chi connectivity index (χ1v) is 6.45. The number of carboxylic acid groups (broad SMARTS) is 1. The molecule has 18 heavy (non-hydrogen) atoms. The van der Waals surface area contributed by atoms with E-state index in [4.69, 9.17) is 5.11 Å². The first-order chi connectivity index (χ1) is 8.45. The maximum atomic E-state index is 13.1. The Morgan fingerprint density at radius 1 is 1.44 bits per heavy atom. The summed E-state index contributed by atoms with van der Waals surface area (Å²) in [6.07, 6.45) is 0. The lowest BCUT2D eigenvalue weighted by atomic mass is 10.2. The molecule has 7 heteroatoms. The number of halogens is 1. The molecule has 0 aliphatic carbocycles. The summed E-state index contributed by atoms with van der Waals surface area (Å²) >= 11 is 0. The quantitative estimate of drug-likeness (QED) is 0.830. The van der Waals surface area contributed by atoms with Gasteiger partial charge >= 0.3 is 5.97 Å². The van der Waals surface area contributed by atoms with Gasteiger partial charge in [-0.05, 0) is 25.1 Å². The molecule has 1 aromatic carbocycles. The fourth-order valence-corrected chi connectivity index (χ4v) is 2.24. The van der Waals surface area contributed by atoms with Crippen LogP contribution in [0.15, 0.2) is 23.1 Å². The minimum atomic E-state index is -1.69. The first kappa shape index (κ1) is 14.3. The van der Waals surface area contributed by atoms with Gasteiger partial charge in [-0.1, -0.05) is 0 Å². The number of aromatic carboxylic acids is 1. The molecule has 0 aliphatic heterocycles. The van der Waals surface area contributed by atoms with E-state index in [1.165, 1.54) is 6.07 Å². The van der Waals surface area contributed by atoms with Crippen LogP contribution >= 0.6 is 0 Å². The summed E-state index contributed by atoms with van der Waals surface area (Å²) < 4.78 is 24.9. The minimum Gasteiger partial charge on any atom is -0.478 e. The van der Waals surface area contributed by atoms with E-state index in [9.17, 15) is 18.2 Å². The molecule has 98 valence electrons. The highest BCUT2D eigenvalue weighted by molar-refractivity contribution is 7.85. The molecule has 0 bridgehead atoms. The van der Waals surface area contributed by atoms with E-state index in [1.807, 2.05) is 0 Å². The SMILES string of the molecule is CCNC(=O)CS(=O)c1ccc(F)c(C(=O)O)c1. The number of rotatable bonds is 5. The molecule has 1 atom stereocenters. The molecular formula is C11H12FNO4S.